The molecule has 4 heteroatoms. The van der Waals surface area contributed by atoms with Gasteiger partial charge in [0.1, 0.15) is 5.60 Å². The number of hydroxylamine groups is 1. The van der Waals surface area contributed by atoms with Gasteiger partial charge >= 0.3 is 5.97 Å². The second-order valence-corrected chi connectivity index (χ2v) is 4.32. The Balaban J connectivity index is 4.25. The lowest BCUT2D eigenvalue weighted by Crippen LogP contribution is -2.43. The van der Waals surface area contributed by atoms with Crippen LogP contribution in [0.3, 0.4) is 0 Å². The Morgan fingerprint density at radius 2 is 1.62 bits per heavy atom. The fourth-order valence-corrected chi connectivity index (χ4v) is 0.698. The number of rotatable bonds is 3. The number of hydrogen-bond acceptors (Lipinski definition) is 4. The lowest BCUT2D eigenvalue weighted by molar-refractivity contribution is -0.186. The van der Waals surface area contributed by atoms with Gasteiger partial charge in [-0.1, -0.05) is 0 Å². The van der Waals surface area contributed by atoms with E-state index in [2.05, 4.69) is 5.48 Å². The molecule has 0 saturated carbocycles. The Morgan fingerprint density at radius 1 is 1.15 bits per heavy atom. The number of nitrogens with one attached hydrogen (secondary N) is 1. The van der Waals surface area contributed by atoms with Crippen molar-refractivity contribution < 1.29 is 14.4 Å². The molecule has 0 heterocycles. The molecule has 0 aromatic rings. The van der Waals surface area contributed by atoms with Crippen molar-refractivity contribution in [2.75, 3.05) is 7.05 Å². The molecule has 0 bridgehead atoms. The van der Waals surface area contributed by atoms with Crippen molar-refractivity contribution in [2.24, 2.45) is 0 Å². The largest absolute Gasteiger partial charge is 0.458 e. The zero-order valence-corrected chi connectivity index (χ0v) is 9.22. The van der Waals surface area contributed by atoms with Crippen LogP contribution in [0.25, 0.3) is 0 Å². The average molecular weight is 189 g/mol. The van der Waals surface area contributed by atoms with Crippen molar-refractivity contribution in [1.29, 1.82) is 0 Å². The maximum absolute atomic E-state index is 11.5. The molecular weight excluding hydrogens is 170 g/mol. The Morgan fingerprint density at radius 3 is 1.92 bits per heavy atom. The molecule has 0 spiro atoms. The Kier molecular flexibility index (Phi) is 3.88. The van der Waals surface area contributed by atoms with E-state index in [1.807, 2.05) is 20.8 Å². The van der Waals surface area contributed by atoms with Crippen LogP contribution in [0, 0.1) is 0 Å². The second kappa shape index (κ2) is 4.07. The summed E-state index contributed by atoms with van der Waals surface area (Å²) in [5.74, 6) is -0.380. The molecule has 0 unspecified atom stereocenters. The van der Waals surface area contributed by atoms with Crippen molar-refractivity contribution in [3.63, 3.8) is 0 Å². The third-order valence-electron chi connectivity index (χ3n) is 1.25. The summed E-state index contributed by atoms with van der Waals surface area (Å²) in [5.41, 5.74) is 1.04. The third-order valence-corrected chi connectivity index (χ3v) is 1.25. The van der Waals surface area contributed by atoms with Gasteiger partial charge < -0.3 is 4.74 Å². The van der Waals surface area contributed by atoms with Gasteiger partial charge in [0.15, 0.2) is 5.60 Å². The predicted octanol–water partition coefficient (Wildman–Crippen LogP) is 1.26. The summed E-state index contributed by atoms with van der Waals surface area (Å²) < 4.78 is 5.15. The normalized spacial score (nSPS) is 12.8. The van der Waals surface area contributed by atoms with E-state index in [-0.39, 0.29) is 5.97 Å². The molecule has 0 aliphatic carbocycles. The molecule has 0 saturated heterocycles. The third kappa shape index (κ3) is 4.85. The first-order valence-electron chi connectivity index (χ1n) is 4.27. The Bertz CT molecular complexity index is 182. The highest BCUT2D eigenvalue weighted by molar-refractivity contribution is 5.78. The molecule has 0 radical (unpaired) electrons. The van der Waals surface area contributed by atoms with Crippen molar-refractivity contribution in [2.45, 2.75) is 45.8 Å². The van der Waals surface area contributed by atoms with Crippen molar-refractivity contribution in [1.82, 2.24) is 5.48 Å². The molecule has 1 N–H and O–H groups in total. The van der Waals surface area contributed by atoms with Crippen LogP contribution in [0.15, 0.2) is 0 Å². The number of esters is 1. The van der Waals surface area contributed by atoms with Gasteiger partial charge in [0.2, 0.25) is 0 Å². The molecule has 13 heavy (non-hydrogen) atoms. The van der Waals surface area contributed by atoms with Crippen molar-refractivity contribution in [3.05, 3.63) is 0 Å². The Hall–Kier alpha value is -0.610. The number of ether oxygens (including phenoxy) is 1. The summed E-state index contributed by atoms with van der Waals surface area (Å²) in [6, 6.07) is 0. The van der Waals surface area contributed by atoms with Gasteiger partial charge in [-0.2, -0.15) is 0 Å². The van der Waals surface area contributed by atoms with Crippen LogP contribution < -0.4 is 5.48 Å². The fourth-order valence-electron chi connectivity index (χ4n) is 0.698. The fraction of sp³-hybridized carbons (Fsp3) is 0.889. The van der Waals surface area contributed by atoms with Crippen LogP contribution in [0.4, 0.5) is 0 Å². The van der Waals surface area contributed by atoms with Gasteiger partial charge in [0, 0.05) is 7.05 Å². The molecule has 4 nitrogen and oxygen atoms in total. The molecule has 0 rings (SSSR count). The van der Waals surface area contributed by atoms with Gasteiger partial charge in [-0.3, -0.25) is 4.84 Å². The average Bonchev–Trinajstić information content (AvgIpc) is 1.82. The lowest BCUT2D eigenvalue weighted by atomic mass is 10.1. The smallest absolute Gasteiger partial charge is 0.340 e. The standard InChI is InChI=1S/C9H19NO3/c1-8(2,3)12-7(11)9(4,5)13-10-6/h10H,1-6H3. The van der Waals surface area contributed by atoms with E-state index < -0.39 is 11.2 Å². The summed E-state index contributed by atoms with van der Waals surface area (Å²) >= 11 is 0. The first kappa shape index (κ1) is 12.4. The van der Waals surface area contributed by atoms with Gasteiger partial charge in [0.25, 0.3) is 0 Å². The molecule has 0 amide bonds. The van der Waals surface area contributed by atoms with E-state index >= 15 is 0 Å². The van der Waals surface area contributed by atoms with E-state index in [1.54, 1.807) is 20.9 Å². The number of carbonyl (C=O) groups excluding carboxylic acids is 1. The van der Waals surface area contributed by atoms with E-state index in [0.29, 0.717) is 0 Å². The highest BCUT2D eigenvalue weighted by atomic mass is 16.7. The number of hydrogen-bond donors (Lipinski definition) is 1. The van der Waals surface area contributed by atoms with Crippen molar-refractivity contribution in [3.8, 4) is 0 Å². The lowest BCUT2D eigenvalue weighted by Gasteiger charge is -2.27. The molecular formula is C9H19NO3. The molecule has 0 aliphatic heterocycles. The van der Waals surface area contributed by atoms with Crippen LogP contribution in [0.5, 0.6) is 0 Å². The van der Waals surface area contributed by atoms with Crippen LogP contribution in [-0.4, -0.2) is 24.2 Å². The molecule has 0 atom stereocenters. The van der Waals surface area contributed by atoms with E-state index in [0.717, 1.165) is 0 Å². The van der Waals surface area contributed by atoms with E-state index in [1.165, 1.54) is 0 Å². The SMILES string of the molecule is CNOC(C)(C)C(=O)OC(C)(C)C. The maximum Gasteiger partial charge on any atom is 0.340 e. The molecule has 78 valence electrons. The van der Waals surface area contributed by atoms with E-state index in [4.69, 9.17) is 9.57 Å². The van der Waals surface area contributed by atoms with Crippen LogP contribution in [0.1, 0.15) is 34.6 Å². The quantitative estimate of drug-likeness (QED) is 0.536. The van der Waals surface area contributed by atoms with Crippen LogP contribution >= 0.6 is 0 Å². The predicted molar refractivity (Wildman–Crippen MR) is 50.1 cm³/mol. The number of carbonyl (C=O) groups is 1. The highest BCUT2D eigenvalue weighted by Gasteiger charge is 2.33. The van der Waals surface area contributed by atoms with E-state index in [9.17, 15) is 4.79 Å². The summed E-state index contributed by atoms with van der Waals surface area (Å²) in [6.45, 7) is 8.76. The van der Waals surface area contributed by atoms with Gasteiger partial charge in [0.05, 0.1) is 0 Å². The second-order valence-electron chi connectivity index (χ2n) is 4.32. The summed E-state index contributed by atoms with van der Waals surface area (Å²) in [6.07, 6.45) is 0. The van der Waals surface area contributed by atoms with Gasteiger partial charge in [-0.15, -0.1) is 0 Å². The summed E-state index contributed by atoms with van der Waals surface area (Å²) in [5, 5.41) is 0. The summed E-state index contributed by atoms with van der Waals surface area (Å²) in [7, 11) is 1.60. The van der Waals surface area contributed by atoms with Gasteiger partial charge in [-0.05, 0) is 34.6 Å². The first-order valence-corrected chi connectivity index (χ1v) is 4.27. The maximum atomic E-state index is 11.5. The monoisotopic (exact) mass is 189 g/mol. The molecule has 0 aromatic heterocycles. The first-order chi connectivity index (χ1) is 5.69. The Labute approximate surface area is 79.6 Å². The topological polar surface area (TPSA) is 47.6 Å². The van der Waals surface area contributed by atoms with Crippen LogP contribution in [0.2, 0.25) is 0 Å². The molecule has 0 fully saturated rings. The zero-order chi connectivity index (χ0) is 10.7. The molecule has 0 aliphatic rings. The zero-order valence-electron chi connectivity index (χ0n) is 9.22. The van der Waals surface area contributed by atoms with Gasteiger partial charge in [-0.25, -0.2) is 10.3 Å². The minimum Gasteiger partial charge on any atom is -0.458 e. The summed E-state index contributed by atoms with van der Waals surface area (Å²) in [4.78, 5) is 16.5. The highest BCUT2D eigenvalue weighted by Crippen LogP contribution is 2.15. The minimum atomic E-state index is -0.956. The van der Waals surface area contributed by atoms with Crippen molar-refractivity contribution >= 4 is 5.97 Å². The minimum absolute atomic E-state index is 0.380. The molecule has 0 aromatic carbocycles. The van der Waals surface area contributed by atoms with Crippen LogP contribution in [-0.2, 0) is 14.4 Å².